The summed E-state index contributed by atoms with van der Waals surface area (Å²) < 4.78 is 29.1. The fraction of sp³-hybridized carbons (Fsp3) is 0.250. The molecule has 2 aromatic rings. The lowest BCUT2D eigenvalue weighted by atomic mass is 10.2. The molecule has 2 N–H and O–H groups in total. The molecule has 0 saturated carbocycles. The number of nitrogens with zero attached hydrogens (tertiary/aromatic N) is 2. The number of aromatic nitrogens is 2. The second-order valence-electron chi connectivity index (χ2n) is 3.94. The molecule has 0 aliphatic rings. The van der Waals surface area contributed by atoms with Crippen LogP contribution < -0.4 is 5.73 Å². The van der Waals surface area contributed by atoms with Crippen LogP contribution in [0.25, 0.3) is 0 Å². The predicted molar refractivity (Wildman–Crippen MR) is 66.3 cm³/mol. The van der Waals surface area contributed by atoms with E-state index >= 15 is 0 Å². The molecule has 0 saturated heterocycles. The van der Waals surface area contributed by atoms with E-state index in [1.807, 2.05) is 6.92 Å². The smallest absolute Gasteiger partial charge is 0.140 e. The molecule has 2 rings (SSSR count). The average molecular weight is 269 g/mol. The Kier molecular flexibility index (Phi) is 3.68. The number of halogens is 2. The Labute approximate surface area is 108 Å². The normalized spacial score (nSPS) is 10.9. The molecule has 0 unspecified atom stereocenters. The first-order valence-electron chi connectivity index (χ1n) is 5.37. The molecule has 1 aromatic heterocycles. The summed E-state index contributed by atoms with van der Waals surface area (Å²) in [6.07, 6.45) is 0. The van der Waals surface area contributed by atoms with Crippen molar-refractivity contribution in [1.29, 1.82) is 0 Å². The second kappa shape index (κ2) is 5.07. The van der Waals surface area contributed by atoms with Crippen molar-refractivity contribution in [3.63, 3.8) is 0 Å². The molecule has 1 aromatic carbocycles. The molecule has 0 fully saturated rings. The zero-order valence-electron chi connectivity index (χ0n) is 10.1. The molecule has 0 amide bonds. The number of hydrogen-bond acceptors (Lipinski definition) is 3. The third-order valence-corrected chi connectivity index (χ3v) is 3.64. The first kappa shape index (κ1) is 13.0. The third kappa shape index (κ3) is 2.54. The third-order valence-electron chi connectivity index (χ3n) is 2.46. The maximum absolute atomic E-state index is 13.8. The molecule has 0 radical (unpaired) electrons. The Morgan fingerprint density at radius 1 is 1.28 bits per heavy atom. The van der Waals surface area contributed by atoms with Gasteiger partial charge in [0.25, 0.3) is 0 Å². The van der Waals surface area contributed by atoms with Crippen LogP contribution in [0.4, 0.5) is 8.78 Å². The van der Waals surface area contributed by atoms with Crippen molar-refractivity contribution in [2.75, 3.05) is 0 Å². The predicted octanol–water partition coefficient (Wildman–Crippen LogP) is 2.62. The molecule has 0 aliphatic carbocycles. The molecule has 0 bridgehead atoms. The molecule has 0 spiro atoms. The van der Waals surface area contributed by atoms with Crippen LogP contribution in [0.15, 0.2) is 28.1 Å². The SMILES string of the molecule is Cc1cc(Sc2c(F)cc(CN)cc2F)n(C)n1. The van der Waals surface area contributed by atoms with Gasteiger partial charge in [0.15, 0.2) is 0 Å². The Bertz CT molecular complexity index is 558. The lowest BCUT2D eigenvalue weighted by molar-refractivity contribution is 0.536. The largest absolute Gasteiger partial charge is 0.326 e. The molecule has 0 atom stereocenters. The van der Waals surface area contributed by atoms with E-state index in [0.29, 0.717) is 10.6 Å². The van der Waals surface area contributed by atoms with Gasteiger partial charge in [-0.05, 0) is 30.7 Å². The highest BCUT2D eigenvalue weighted by Crippen LogP contribution is 2.32. The van der Waals surface area contributed by atoms with Crippen LogP contribution in [0.2, 0.25) is 0 Å². The van der Waals surface area contributed by atoms with Crippen LogP contribution in [0.3, 0.4) is 0 Å². The molecular weight excluding hydrogens is 256 g/mol. The van der Waals surface area contributed by atoms with Gasteiger partial charge in [-0.1, -0.05) is 11.8 Å². The monoisotopic (exact) mass is 269 g/mol. The molecule has 6 heteroatoms. The minimum absolute atomic E-state index is 0.0322. The fourth-order valence-corrected chi connectivity index (χ4v) is 2.54. The molecule has 18 heavy (non-hydrogen) atoms. The van der Waals surface area contributed by atoms with Gasteiger partial charge in [-0.25, -0.2) is 8.78 Å². The summed E-state index contributed by atoms with van der Waals surface area (Å²) in [5, 5.41) is 4.82. The van der Waals surface area contributed by atoms with Gasteiger partial charge in [-0.15, -0.1) is 0 Å². The number of aryl methyl sites for hydroxylation is 2. The lowest BCUT2D eigenvalue weighted by Crippen LogP contribution is -2.00. The van der Waals surface area contributed by atoms with Gasteiger partial charge in [-0.2, -0.15) is 5.10 Å². The average Bonchev–Trinajstić information content (AvgIpc) is 2.62. The van der Waals surface area contributed by atoms with Crippen LogP contribution >= 0.6 is 11.8 Å². The van der Waals surface area contributed by atoms with E-state index in [0.717, 1.165) is 17.5 Å². The number of rotatable bonds is 3. The van der Waals surface area contributed by atoms with Crippen LogP contribution in [-0.4, -0.2) is 9.78 Å². The standard InChI is InChI=1S/C12H13F2N3S/c1-7-3-11(17(2)16-7)18-12-9(13)4-8(6-15)5-10(12)14/h3-5H,6,15H2,1-2H3. The molecular formula is C12H13F2N3S. The molecule has 1 heterocycles. The number of nitrogens with two attached hydrogens (primary N) is 1. The van der Waals surface area contributed by atoms with Crippen LogP contribution in [0, 0.1) is 18.6 Å². The summed E-state index contributed by atoms with van der Waals surface area (Å²) in [4.78, 5) is -0.0322. The topological polar surface area (TPSA) is 43.8 Å². The quantitative estimate of drug-likeness (QED) is 0.931. The highest BCUT2D eigenvalue weighted by atomic mass is 32.2. The van der Waals surface area contributed by atoms with E-state index < -0.39 is 11.6 Å². The first-order valence-corrected chi connectivity index (χ1v) is 6.19. The van der Waals surface area contributed by atoms with Gasteiger partial charge >= 0.3 is 0 Å². The van der Waals surface area contributed by atoms with Gasteiger partial charge in [0.1, 0.15) is 11.6 Å². The summed E-state index contributed by atoms with van der Waals surface area (Å²) >= 11 is 1.02. The van der Waals surface area contributed by atoms with E-state index in [1.54, 1.807) is 17.8 Å². The van der Waals surface area contributed by atoms with Crippen molar-refractivity contribution < 1.29 is 8.78 Å². The first-order chi connectivity index (χ1) is 8.51. The fourth-order valence-electron chi connectivity index (χ4n) is 1.61. The van der Waals surface area contributed by atoms with Gasteiger partial charge in [0.05, 0.1) is 15.6 Å². The maximum Gasteiger partial charge on any atom is 0.140 e. The van der Waals surface area contributed by atoms with Crippen LogP contribution in [-0.2, 0) is 13.6 Å². The molecule has 0 aliphatic heterocycles. The van der Waals surface area contributed by atoms with Crippen molar-refractivity contribution in [2.24, 2.45) is 12.8 Å². The van der Waals surface area contributed by atoms with Crippen molar-refractivity contribution >= 4 is 11.8 Å². The highest BCUT2D eigenvalue weighted by molar-refractivity contribution is 7.99. The van der Waals surface area contributed by atoms with E-state index in [9.17, 15) is 8.78 Å². The summed E-state index contributed by atoms with van der Waals surface area (Å²) in [5.74, 6) is -1.20. The van der Waals surface area contributed by atoms with Crippen LogP contribution in [0.1, 0.15) is 11.3 Å². The van der Waals surface area contributed by atoms with Gasteiger partial charge in [-0.3, -0.25) is 4.68 Å². The second-order valence-corrected chi connectivity index (χ2v) is 4.97. The summed E-state index contributed by atoms with van der Waals surface area (Å²) in [6, 6.07) is 4.30. The molecule has 3 nitrogen and oxygen atoms in total. The van der Waals surface area contributed by atoms with E-state index in [4.69, 9.17) is 5.73 Å². The number of benzene rings is 1. The van der Waals surface area contributed by atoms with E-state index in [1.165, 1.54) is 12.1 Å². The zero-order chi connectivity index (χ0) is 13.3. The maximum atomic E-state index is 13.8. The summed E-state index contributed by atoms with van der Waals surface area (Å²) in [7, 11) is 1.74. The van der Waals surface area contributed by atoms with E-state index in [-0.39, 0.29) is 11.4 Å². The van der Waals surface area contributed by atoms with Gasteiger partial charge in [0.2, 0.25) is 0 Å². The Morgan fingerprint density at radius 2 is 1.89 bits per heavy atom. The zero-order valence-corrected chi connectivity index (χ0v) is 10.9. The highest BCUT2D eigenvalue weighted by Gasteiger charge is 2.14. The van der Waals surface area contributed by atoms with Gasteiger partial charge in [0, 0.05) is 13.6 Å². The Balaban J connectivity index is 2.37. The molecule has 96 valence electrons. The summed E-state index contributed by atoms with van der Waals surface area (Å²) in [6.45, 7) is 1.94. The minimum atomic E-state index is -0.598. The lowest BCUT2D eigenvalue weighted by Gasteiger charge is -2.06. The number of hydrogen-bond donors (Lipinski definition) is 1. The Hall–Kier alpha value is -1.40. The minimum Gasteiger partial charge on any atom is -0.326 e. The van der Waals surface area contributed by atoms with E-state index in [2.05, 4.69) is 5.10 Å². The van der Waals surface area contributed by atoms with Crippen LogP contribution in [0.5, 0.6) is 0 Å². The van der Waals surface area contributed by atoms with Crippen molar-refractivity contribution in [2.45, 2.75) is 23.4 Å². The summed E-state index contributed by atoms with van der Waals surface area (Å²) in [5.41, 5.74) is 6.61. The van der Waals surface area contributed by atoms with Crippen molar-refractivity contribution in [1.82, 2.24) is 9.78 Å². The van der Waals surface area contributed by atoms with Crippen molar-refractivity contribution in [3.05, 3.63) is 41.1 Å². The van der Waals surface area contributed by atoms with Crippen molar-refractivity contribution in [3.8, 4) is 0 Å². The van der Waals surface area contributed by atoms with Gasteiger partial charge < -0.3 is 5.73 Å². The Morgan fingerprint density at radius 3 is 2.33 bits per heavy atom.